The van der Waals surface area contributed by atoms with Gasteiger partial charge in [0, 0.05) is 18.0 Å². The Morgan fingerprint density at radius 1 is 1.03 bits per heavy atom. The van der Waals surface area contributed by atoms with Gasteiger partial charge >= 0.3 is 6.09 Å². The summed E-state index contributed by atoms with van der Waals surface area (Å²) in [5.74, 6) is 1.51. The average molecular weight is 473 g/mol. The Morgan fingerprint density at radius 2 is 1.80 bits per heavy atom. The molecule has 2 saturated carbocycles. The fourth-order valence-electron chi connectivity index (χ4n) is 6.81. The minimum atomic E-state index is -0.508. The van der Waals surface area contributed by atoms with Crippen LogP contribution in [-0.2, 0) is 16.0 Å². The van der Waals surface area contributed by atoms with Crippen molar-refractivity contribution >= 4 is 22.9 Å². The smallest absolute Gasteiger partial charge is 0.416 e. The summed E-state index contributed by atoms with van der Waals surface area (Å²) >= 11 is 0. The number of rotatable bonds is 5. The monoisotopic (exact) mass is 472 g/mol. The number of carbonyl (C=O) groups is 2. The molecule has 35 heavy (non-hydrogen) atoms. The zero-order valence-electron chi connectivity index (χ0n) is 19.6. The van der Waals surface area contributed by atoms with Gasteiger partial charge in [-0.1, -0.05) is 30.3 Å². The van der Waals surface area contributed by atoms with Crippen molar-refractivity contribution in [1.82, 2.24) is 9.88 Å². The van der Waals surface area contributed by atoms with E-state index in [0.717, 1.165) is 42.1 Å². The highest BCUT2D eigenvalue weighted by atomic mass is 19.1. The molecule has 3 aliphatic rings. The van der Waals surface area contributed by atoms with Crippen molar-refractivity contribution in [3.63, 3.8) is 0 Å². The van der Waals surface area contributed by atoms with E-state index in [9.17, 15) is 14.0 Å². The Balaban J connectivity index is 1.09. The molecule has 5 nitrogen and oxygen atoms in total. The quantitative estimate of drug-likeness (QED) is 0.466. The predicted molar refractivity (Wildman–Crippen MR) is 130 cm³/mol. The van der Waals surface area contributed by atoms with Gasteiger partial charge in [0.15, 0.2) is 0 Å². The van der Waals surface area contributed by atoms with Gasteiger partial charge in [0.05, 0.1) is 11.6 Å². The molecule has 0 bridgehead atoms. The largest absolute Gasteiger partial charge is 0.447 e. The van der Waals surface area contributed by atoms with Gasteiger partial charge in [-0.3, -0.25) is 9.78 Å². The molecule has 6 rings (SSSR count). The number of ether oxygens (including phenoxy) is 1. The highest BCUT2D eigenvalue weighted by molar-refractivity contribution is 5.93. The molecule has 6 heteroatoms. The summed E-state index contributed by atoms with van der Waals surface area (Å²) in [5.41, 5.74) is 3.13. The van der Waals surface area contributed by atoms with Crippen molar-refractivity contribution < 1.29 is 18.7 Å². The first-order valence-corrected chi connectivity index (χ1v) is 12.6. The number of pyridine rings is 1. The molecule has 0 N–H and O–H groups in total. The molecule has 2 aromatic carbocycles. The summed E-state index contributed by atoms with van der Waals surface area (Å²) in [7, 11) is 0. The first-order valence-electron chi connectivity index (χ1n) is 12.6. The molecule has 3 aromatic rings. The van der Waals surface area contributed by atoms with E-state index in [2.05, 4.69) is 4.98 Å². The van der Waals surface area contributed by atoms with E-state index in [1.54, 1.807) is 12.1 Å². The average Bonchev–Trinajstić information content (AvgIpc) is 3.52. The van der Waals surface area contributed by atoms with E-state index in [0.29, 0.717) is 36.5 Å². The van der Waals surface area contributed by atoms with Crippen LogP contribution in [0.2, 0.25) is 0 Å². The number of halogens is 1. The van der Waals surface area contributed by atoms with E-state index in [4.69, 9.17) is 4.74 Å². The summed E-state index contributed by atoms with van der Waals surface area (Å²) < 4.78 is 19.2. The second kappa shape index (κ2) is 9.06. The van der Waals surface area contributed by atoms with Crippen LogP contribution >= 0.6 is 0 Å². The summed E-state index contributed by atoms with van der Waals surface area (Å²) in [5, 5.41) is 0.918. The van der Waals surface area contributed by atoms with Crippen LogP contribution in [0.5, 0.6) is 0 Å². The number of aromatic nitrogens is 1. The lowest BCUT2D eigenvalue weighted by Gasteiger charge is -2.22. The van der Waals surface area contributed by atoms with Crippen LogP contribution in [-0.4, -0.2) is 34.5 Å². The van der Waals surface area contributed by atoms with Crippen LogP contribution in [0.4, 0.5) is 9.18 Å². The molecule has 1 unspecified atom stereocenters. The van der Waals surface area contributed by atoms with Crippen molar-refractivity contribution in [3.8, 4) is 0 Å². The molecule has 180 valence electrons. The highest BCUT2D eigenvalue weighted by Gasteiger charge is 2.45. The first-order chi connectivity index (χ1) is 17.0. The number of carbonyl (C=O) groups excluding carboxylic acids is 2. The van der Waals surface area contributed by atoms with Crippen molar-refractivity contribution in [2.75, 3.05) is 6.61 Å². The topological polar surface area (TPSA) is 59.5 Å². The maximum Gasteiger partial charge on any atom is 0.416 e. The first kappa shape index (κ1) is 22.2. The van der Waals surface area contributed by atoms with E-state index in [1.165, 1.54) is 16.5 Å². The van der Waals surface area contributed by atoms with Crippen LogP contribution in [0.15, 0.2) is 60.8 Å². The Labute approximate surface area is 204 Å². The van der Waals surface area contributed by atoms with E-state index >= 15 is 0 Å². The third kappa shape index (κ3) is 4.30. The molecule has 2 amide bonds. The molecule has 1 saturated heterocycles. The van der Waals surface area contributed by atoms with Crippen molar-refractivity contribution in [2.24, 2.45) is 17.8 Å². The van der Waals surface area contributed by atoms with Crippen LogP contribution in [0.25, 0.3) is 10.9 Å². The number of benzene rings is 2. The second-order valence-electron chi connectivity index (χ2n) is 10.5. The summed E-state index contributed by atoms with van der Waals surface area (Å²) in [6.45, 7) is 0.261. The van der Waals surface area contributed by atoms with Gasteiger partial charge in [-0.15, -0.1) is 0 Å². The van der Waals surface area contributed by atoms with Crippen molar-refractivity contribution in [2.45, 2.75) is 50.5 Å². The molecule has 1 aliphatic heterocycles. The van der Waals surface area contributed by atoms with E-state index < -0.39 is 6.09 Å². The van der Waals surface area contributed by atoms with E-state index in [1.807, 2.05) is 42.6 Å². The molecule has 2 heterocycles. The standard InChI is InChI=1S/C29H29FN2O3/c30-23-6-7-27-26(16-23)25(8-9-31-27)22-14-20-10-19(11-21(20)15-22)13-28(33)32-24(17-35-29(32)34)12-18-4-2-1-3-5-18/h1-9,16,19-22,24H,10-15,17H2/t19?,20-,21+,22+,24-/m1/s1. The molecule has 0 spiro atoms. The van der Waals surface area contributed by atoms with Crippen molar-refractivity contribution in [1.29, 1.82) is 0 Å². The van der Waals surface area contributed by atoms with Gasteiger partial charge < -0.3 is 4.74 Å². The SMILES string of the molecule is O=C(CC1C[C@@H]2C[C@H](c3ccnc4ccc(F)cc34)C[C@@H]2C1)N1C(=O)OC[C@H]1Cc1ccccc1. The Bertz CT molecular complexity index is 1250. The number of hydrogen-bond acceptors (Lipinski definition) is 4. The van der Waals surface area contributed by atoms with Gasteiger partial charge in [-0.2, -0.15) is 0 Å². The van der Waals surface area contributed by atoms with Crippen LogP contribution in [0.1, 0.15) is 49.1 Å². The van der Waals surface area contributed by atoms with Gasteiger partial charge in [0.25, 0.3) is 0 Å². The maximum atomic E-state index is 13.9. The lowest BCUT2D eigenvalue weighted by atomic mass is 9.89. The number of fused-ring (bicyclic) bond motifs is 2. The minimum absolute atomic E-state index is 0.106. The van der Waals surface area contributed by atoms with Gasteiger partial charge in [-0.05, 0) is 91.2 Å². The fraction of sp³-hybridized carbons (Fsp3) is 0.414. The molecule has 0 radical (unpaired) electrons. The number of amides is 2. The van der Waals surface area contributed by atoms with E-state index in [-0.39, 0.29) is 24.4 Å². The normalized spacial score (nSPS) is 27.9. The maximum absolute atomic E-state index is 13.9. The number of imide groups is 1. The summed E-state index contributed by atoms with van der Waals surface area (Å²) in [4.78, 5) is 31.3. The number of cyclic esters (lactones) is 1. The third-order valence-electron chi connectivity index (χ3n) is 8.30. The molecule has 5 atom stereocenters. The van der Waals surface area contributed by atoms with Gasteiger partial charge in [-0.25, -0.2) is 14.1 Å². The zero-order valence-corrected chi connectivity index (χ0v) is 19.6. The fourth-order valence-corrected chi connectivity index (χ4v) is 6.81. The summed E-state index contributed by atoms with van der Waals surface area (Å²) in [6.07, 6.45) is 6.49. The summed E-state index contributed by atoms with van der Waals surface area (Å²) in [6, 6.07) is 16.5. The Hall–Kier alpha value is -3.28. The van der Waals surface area contributed by atoms with Gasteiger partial charge in [0.2, 0.25) is 5.91 Å². The lowest BCUT2D eigenvalue weighted by molar-refractivity contribution is -0.130. The highest BCUT2D eigenvalue weighted by Crippen LogP contribution is 2.54. The third-order valence-corrected chi connectivity index (χ3v) is 8.30. The van der Waals surface area contributed by atoms with Crippen molar-refractivity contribution in [3.05, 3.63) is 77.7 Å². The number of hydrogen-bond donors (Lipinski definition) is 0. The molecule has 2 aliphatic carbocycles. The molecular weight excluding hydrogens is 443 g/mol. The van der Waals surface area contributed by atoms with Crippen LogP contribution < -0.4 is 0 Å². The molecule has 3 fully saturated rings. The van der Waals surface area contributed by atoms with Crippen LogP contribution in [0, 0.1) is 23.6 Å². The number of nitrogens with zero attached hydrogens (tertiary/aromatic N) is 2. The molecule has 1 aromatic heterocycles. The Morgan fingerprint density at radius 3 is 2.57 bits per heavy atom. The molecular formula is C29H29FN2O3. The lowest BCUT2D eigenvalue weighted by Crippen LogP contribution is -2.40. The minimum Gasteiger partial charge on any atom is -0.447 e. The van der Waals surface area contributed by atoms with Crippen LogP contribution in [0.3, 0.4) is 0 Å². The Kier molecular flexibility index (Phi) is 5.75. The second-order valence-corrected chi connectivity index (χ2v) is 10.5. The zero-order chi connectivity index (χ0) is 23.9. The predicted octanol–water partition coefficient (Wildman–Crippen LogP) is 5.87. The van der Waals surface area contributed by atoms with Gasteiger partial charge in [0.1, 0.15) is 12.4 Å².